The topological polar surface area (TPSA) is 29.1 Å². The fourth-order valence-electron chi connectivity index (χ4n) is 1.94. The number of benzene rings is 2. The summed E-state index contributed by atoms with van der Waals surface area (Å²) >= 11 is 7.45. The minimum Gasteiger partial charge on any atom is -0.326 e. The Labute approximate surface area is 148 Å². The van der Waals surface area contributed by atoms with Crippen LogP contribution in [0.15, 0.2) is 70.5 Å². The van der Waals surface area contributed by atoms with Gasteiger partial charge in [-0.15, -0.1) is 0 Å². The molecule has 2 aromatic rings. The van der Waals surface area contributed by atoms with E-state index in [9.17, 15) is 13.6 Å². The van der Waals surface area contributed by atoms with E-state index in [0.717, 1.165) is 15.9 Å². The molecule has 0 aliphatic rings. The summed E-state index contributed by atoms with van der Waals surface area (Å²) < 4.78 is 23.7. The Morgan fingerprint density at radius 1 is 1.04 bits per heavy atom. The molecule has 1 N–H and O–H groups in total. The first-order chi connectivity index (χ1) is 11.5. The molecule has 0 aromatic heterocycles. The van der Waals surface area contributed by atoms with Crippen molar-refractivity contribution in [1.82, 2.24) is 0 Å². The zero-order valence-corrected chi connectivity index (χ0v) is 14.3. The van der Waals surface area contributed by atoms with Gasteiger partial charge >= 0.3 is 0 Å². The zero-order valence-electron chi connectivity index (χ0n) is 12.8. The van der Waals surface area contributed by atoms with Crippen LogP contribution in [0.4, 0.5) is 14.5 Å². The van der Waals surface area contributed by atoms with Gasteiger partial charge in [-0.25, -0.2) is 0 Å². The van der Waals surface area contributed by atoms with Crippen LogP contribution in [0.2, 0.25) is 5.02 Å². The summed E-state index contributed by atoms with van der Waals surface area (Å²) in [4.78, 5) is 13.8. The van der Waals surface area contributed by atoms with Crippen molar-refractivity contribution in [3.8, 4) is 0 Å². The molecule has 2 nitrogen and oxygen atoms in total. The highest BCUT2D eigenvalue weighted by Crippen LogP contribution is 2.29. The van der Waals surface area contributed by atoms with E-state index >= 15 is 0 Å². The summed E-state index contributed by atoms with van der Waals surface area (Å²) in [6.45, 7) is 0. The highest BCUT2D eigenvalue weighted by molar-refractivity contribution is 7.99. The predicted octanol–water partition coefficient (Wildman–Crippen LogP) is 6.38. The molecule has 24 heavy (non-hydrogen) atoms. The summed E-state index contributed by atoms with van der Waals surface area (Å²) in [6, 6.07) is 15.0. The molecule has 2 aromatic carbocycles. The second kappa shape index (κ2) is 9.45. The van der Waals surface area contributed by atoms with Crippen LogP contribution in [0.1, 0.15) is 19.3 Å². The van der Waals surface area contributed by atoms with Crippen LogP contribution in [-0.2, 0) is 4.79 Å². The Balaban J connectivity index is 1.82. The Hall–Kier alpha value is -1.85. The fraction of sp³-hybridized carbons (Fsp3) is 0.167. The van der Waals surface area contributed by atoms with Gasteiger partial charge in [-0.05, 0) is 67.4 Å². The van der Waals surface area contributed by atoms with E-state index in [1.165, 1.54) is 0 Å². The number of unbranched alkanes of at least 4 members (excludes halogenated alkanes) is 1. The molecule has 0 bridgehead atoms. The third kappa shape index (κ3) is 6.72. The molecule has 0 saturated carbocycles. The number of carbonyl (C=O) groups excluding carboxylic acids is 1. The van der Waals surface area contributed by atoms with Crippen LogP contribution in [0.25, 0.3) is 0 Å². The van der Waals surface area contributed by atoms with Crippen molar-refractivity contribution in [2.45, 2.75) is 29.1 Å². The van der Waals surface area contributed by atoms with Gasteiger partial charge in [0.1, 0.15) is 0 Å². The van der Waals surface area contributed by atoms with Crippen LogP contribution in [0, 0.1) is 0 Å². The molecule has 0 atom stereocenters. The van der Waals surface area contributed by atoms with E-state index in [2.05, 4.69) is 5.32 Å². The minimum absolute atomic E-state index is 0.180. The van der Waals surface area contributed by atoms with Crippen molar-refractivity contribution in [3.05, 3.63) is 65.7 Å². The number of allylic oxidation sites excluding steroid dienone is 1. The Bertz CT molecular complexity index is 698. The van der Waals surface area contributed by atoms with E-state index in [1.807, 2.05) is 48.5 Å². The van der Waals surface area contributed by atoms with Crippen molar-refractivity contribution in [2.75, 3.05) is 5.32 Å². The van der Waals surface area contributed by atoms with E-state index in [4.69, 9.17) is 11.6 Å². The van der Waals surface area contributed by atoms with E-state index in [-0.39, 0.29) is 18.7 Å². The first kappa shape index (κ1) is 18.5. The molecular weight excluding hydrogens is 352 g/mol. The maximum absolute atomic E-state index is 11.9. The van der Waals surface area contributed by atoms with Gasteiger partial charge in [-0.1, -0.05) is 23.4 Å². The summed E-state index contributed by atoms with van der Waals surface area (Å²) in [5.41, 5.74) is 0.688. The summed E-state index contributed by atoms with van der Waals surface area (Å²) in [5.74, 6) is -0.180. The Kier molecular flexibility index (Phi) is 7.28. The number of hydrogen-bond donors (Lipinski definition) is 1. The smallest absolute Gasteiger partial charge is 0.266 e. The van der Waals surface area contributed by atoms with Gasteiger partial charge in [0.25, 0.3) is 6.08 Å². The summed E-state index contributed by atoms with van der Waals surface area (Å²) in [7, 11) is 0. The molecule has 0 fully saturated rings. The highest BCUT2D eigenvalue weighted by atomic mass is 35.5. The number of rotatable bonds is 7. The van der Waals surface area contributed by atoms with Crippen molar-refractivity contribution in [2.24, 2.45) is 0 Å². The maximum atomic E-state index is 11.9. The average Bonchev–Trinajstić information content (AvgIpc) is 2.55. The lowest BCUT2D eigenvalue weighted by Gasteiger charge is -2.06. The summed E-state index contributed by atoms with van der Waals surface area (Å²) in [6.07, 6.45) is -0.0644. The molecule has 0 saturated heterocycles. The summed E-state index contributed by atoms with van der Waals surface area (Å²) in [5, 5.41) is 3.45. The molecule has 0 unspecified atom stereocenters. The van der Waals surface area contributed by atoms with E-state index in [0.29, 0.717) is 17.1 Å². The van der Waals surface area contributed by atoms with Crippen LogP contribution in [0.5, 0.6) is 0 Å². The van der Waals surface area contributed by atoms with E-state index in [1.54, 1.807) is 11.8 Å². The number of hydrogen-bond acceptors (Lipinski definition) is 2. The molecule has 0 aliphatic carbocycles. The van der Waals surface area contributed by atoms with Crippen LogP contribution < -0.4 is 5.32 Å². The lowest BCUT2D eigenvalue weighted by molar-refractivity contribution is -0.116. The number of nitrogens with one attached hydrogen (secondary N) is 1. The largest absolute Gasteiger partial charge is 0.326 e. The number of amides is 1. The van der Waals surface area contributed by atoms with Crippen molar-refractivity contribution in [1.29, 1.82) is 0 Å². The Morgan fingerprint density at radius 2 is 1.62 bits per heavy atom. The lowest BCUT2D eigenvalue weighted by Crippen LogP contribution is -2.10. The van der Waals surface area contributed by atoms with Crippen LogP contribution in [0.3, 0.4) is 0 Å². The van der Waals surface area contributed by atoms with Gasteiger partial charge in [0, 0.05) is 26.9 Å². The van der Waals surface area contributed by atoms with Gasteiger partial charge in [0.15, 0.2) is 0 Å². The number of carbonyl (C=O) groups is 1. The predicted molar refractivity (Wildman–Crippen MR) is 94.8 cm³/mol. The SMILES string of the molecule is O=C(CCCC=C(F)F)Nc1ccc(Sc2ccc(Cl)cc2)cc1. The zero-order chi connectivity index (χ0) is 17.4. The van der Waals surface area contributed by atoms with Crippen LogP contribution in [-0.4, -0.2) is 5.91 Å². The van der Waals surface area contributed by atoms with Crippen LogP contribution >= 0.6 is 23.4 Å². The molecular formula is C18H16ClF2NOS. The quantitative estimate of drug-likeness (QED) is 0.575. The first-order valence-electron chi connectivity index (χ1n) is 7.37. The fourth-order valence-corrected chi connectivity index (χ4v) is 2.88. The van der Waals surface area contributed by atoms with Gasteiger partial charge in [-0.2, -0.15) is 8.78 Å². The van der Waals surface area contributed by atoms with Crippen molar-refractivity contribution >= 4 is 35.0 Å². The highest BCUT2D eigenvalue weighted by Gasteiger charge is 2.03. The second-order valence-corrected chi connectivity index (χ2v) is 6.60. The second-order valence-electron chi connectivity index (χ2n) is 5.01. The lowest BCUT2D eigenvalue weighted by atomic mass is 10.2. The van der Waals surface area contributed by atoms with Crippen molar-refractivity contribution < 1.29 is 13.6 Å². The van der Waals surface area contributed by atoms with Gasteiger partial charge in [-0.3, -0.25) is 4.79 Å². The molecule has 0 aliphatic heterocycles. The third-order valence-electron chi connectivity index (χ3n) is 3.09. The minimum atomic E-state index is -1.70. The molecule has 0 spiro atoms. The Morgan fingerprint density at radius 3 is 2.21 bits per heavy atom. The van der Waals surface area contributed by atoms with Gasteiger partial charge in [0.05, 0.1) is 0 Å². The molecule has 0 radical (unpaired) electrons. The molecule has 126 valence electrons. The molecule has 6 heteroatoms. The number of halogens is 3. The average molecular weight is 368 g/mol. The van der Waals surface area contributed by atoms with Gasteiger partial charge < -0.3 is 5.32 Å². The maximum Gasteiger partial charge on any atom is 0.266 e. The standard InChI is InChI=1S/C18H16ClF2NOS/c19-13-5-9-15(10-6-13)24-16-11-7-14(8-12-16)22-18(23)4-2-1-3-17(20)21/h3,5-12H,1-2,4H2,(H,22,23). The third-order valence-corrected chi connectivity index (χ3v) is 4.36. The van der Waals surface area contributed by atoms with E-state index < -0.39 is 6.08 Å². The number of anilines is 1. The molecule has 2 rings (SSSR count). The normalized spacial score (nSPS) is 10.3. The van der Waals surface area contributed by atoms with Crippen molar-refractivity contribution in [3.63, 3.8) is 0 Å². The molecule has 0 heterocycles. The van der Waals surface area contributed by atoms with Gasteiger partial charge in [0.2, 0.25) is 5.91 Å². The molecule has 1 amide bonds. The monoisotopic (exact) mass is 367 g/mol. The first-order valence-corrected chi connectivity index (χ1v) is 8.57.